The van der Waals surface area contributed by atoms with Gasteiger partial charge in [0.1, 0.15) is 6.07 Å². The number of nitrogens with zero attached hydrogens (tertiary/aromatic N) is 1. The van der Waals surface area contributed by atoms with Crippen molar-refractivity contribution in [3.63, 3.8) is 0 Å². The molecule has 1 aromatic carbocycles. The second-order valence-corrected chi connectivity index (χ2v) is 6.65. The minimum atomic E-state index is 0.0970. The number of hydrogen-bond donors (Lipinski definition) is 1. The van der Waals surface area contributed by atoms with Crippen LogP contribution in [-0.2, 0) is 4.79 Å². The summed E-state index contributed by atoms with van der Waals surface area (Å²) in [4.78, 5) is 11.2. The summed E-state index contributed by atoms with van der Waals surface area (Å²) in [5, 5.41) is 15.7. The van der Waals surface area contributed by atoms with Gasteiger partial charge in [-0.15, -0.1) is 11.3 Å². The Morgan fingerprint density at radius 1 is 1.32 bits per heavy atom. The molecule has 2 aromatic rings. The molecule has 4 rings (SSSR count). The molecule has 1 fully saturated rings. The van der Waals surface area contributed by atoms with Crippen molar-refractivity contribution in [2.24, 2.45) is 5.92 Å². The molecule has 2 heterocycles. The van der Waals surface area contributed by atoms with Crippen LogP contribution in [0.1, 0.15) is 29.9 Å². The number of nitriles is 1. The Labute approximate surface area is 132 Å². The molecule has 3 nitrogen and oxygen atoms in total. The van der Waals surface area contributed by atoms with Crippen LogP contribution in [0.15, 0.2) is 47.1 Å². The van der Waals surface area contributed by atoms with Crippen LogP contribution in [0.25, 0.3) is 10.1 Å². The van der Waals surface area contributed by atoms with E-state index in [1.54, 1.807) is 11.3 Å². The Kier molecular flexibility index (Phi) is 3.09. The standard InChI is InChI=1S/C18H14N2OS/c19-8-12-2-1-3-15-16(10-22-18(12)15)13-6-14(9-21)20-17(7-13)11-4-5-11/h1-3,6-7,9-11,13,20H,4-5H2. The number of hydrogen-bond acceptors (Lipinski definition) is 4. The lowest BCUT2D eigenvalue weighted by molar-refractivity contribution is -0.105. The molecule has 22 heavy (non-hydrogen) atoms. The third-order valence-electron chi connectivity index (χ3n) is 4.26. The number of benzene rings is 1. The number of rotatable bonds is 3. The molecule has 1 aliphatic heterocycles. The average Bonchev–Trinajstić information content (AvgIpc) is 3.33. The first kappa shape index (κ1) is 13.3. The third-order valence-corrected chi connectivity index (χ3v) is 5.31. The summed E-state index contributed by atoms with van der Waals surface area (Å²) < 4.78 is 1.03. The summed E-state index contributed by atoms with van der Waals surface area (Å²) in [6, 6.07) is 8.09. The van der Waals surface area contributed by atoms with E-state index in [4.69, 9.17) is 0 Å². The normalized spacial score (nSPS) is 20.8. The Bertz CT molecular complexity index is 865. The molecule has 0 radical (unpaired) electrons. The van der Waals surface area contributed by atoms with Crippen molar-refractivity contribution in [1.82, 2.24) is 5.32 Å². The number of dihydropyridines is 1. The molecular formula is C18H14N2OS. The SMILES string of the molecule is N#Cc1cccc2c(C3C=C(C=O)NC(C4CC4)=C3)csc12. The summed E-state index contributed by atoms with van der Waals surface area (Å²) in [5.41, 5.74) is 3.71. The van der Waals surface area contributed by atoms with Crippen LogP contribution < -0.4 is 5.32 Å². The molecule has 1 saturated carbocycles. The largest absolute Gasteiger partial charge is 0.356 e. The Hall–Kier alpha value is -2.38. The van der Waals surface area contributed by atoms with Gasteiger partial charge in [0.2, 0.25) is 0 Å². The Morgan fingerprint density at radius 2 is 2.18 bits per heavy atom. The molecule has 1 aliphatic carbocycles. The van der Waals surface area contributed by atoms with Gasteiger partial charge in [-0.2, -0.15) is 5.26 Å². The van der Waals surface area contributed by atoms with E-state index in [9.17, 15) is 10.1 Å². The maximum atomic E-state index is 11.2. The molecule has 108 valence electrons. The van der Waals surface area contributed by atoms with Gasteiger partial charge in [-0.25, -0.2) is 0 Å². The highest BCUT2D eigenvalue weighted by molar-refractivity contribution is 7.17. The van der Waals surface area contributed by atoms with E-state index in [2.05, 4.69) is 28.9 Å². The molecule has 1 unspecified atom stereocenters. The third kappa shape index (κ3) is 2.15. The lowest BCUT2D eigenvalue weighted by Gasteiger charge is -2.20. The zero-order valence-electron chi connectivity index (χ0n) is 11.9. The van der Waals surface area contributed by atoms with Gasteiger partial charge in [0.05, 0.1) is 16.0 Å². The van der Waals surface area contributed by atoms with E-state index in [0.717, 1.165) is 16.4 Å². The van der Waals surface area contributed by atoms with E-state index in [1.165, 1.54) is 24.1 Å². The number of nitrogens with one attached hydrogen (secondary N) is 1. The smallest absolute Gasteiger partial charge is 0.165 e. The molecule has 4 heteroatoms. The van der Waals surface area contributed by atoms with Gasteiger partial charge in [0, 0.05) is 11.6 Å². The number of allylic oxidation sites excluding steroid dienone is 4. The van der Waals surface area contributed by atoms with Gasteiger partial charge in [-0.3, -0.25) is 4.79 Å². The summed E-state index contributed by atoms with van der Waals surface area (Å²) in [7, 11) is 0. The summed E-state index contributed by atoms with van der Waals surface area (Å²) in [6.07, 6.45) is 7.48. The van der Waals surface area contributed by atoms with Crippen LogP contribution in [-0.4, -0.2) is 6.29 Å². The maximum Gasteiger partial charge on any atom is 0.165 e. The van der Waals surface area contributed by atoms with E-state index in [1.807, 2.05) is 18.2 Å². The van der Waals surface area contributed by atoms with Crippen LogP contribution in [0.4, 0.5) is 0 Å². The predicted octanol–water partition coefficient (Wildman–Crippen LogP) is 3.84. The molecule has 0 bridgehead atoms. The quantitative estimate of drug-likeness (QED) is 0.877. The van der Waals surface area contributed by atoms with Crippen molar-refractivity contribution in [2.45, 2.75) is 18.8 Å². The fraction of sp³-hybridized carbons (Fsp3) is 0.222. The number of fused-ring (bicyclic) bond motifs is 1. The highest BCUT2D eigenvalue weighted by Gasteiger charge is 2.29. The van der Waals surface area contributed by atoms with Crippen LogP contribution in [0.2, 0.25) is 0 Å². The second-order valence-electron chi connectivity index (χ2n) is 5.77. The van der Waals surface area contributed by atoms with E-state index < -0.39 is 0 Å². The molecular weight excluding hydrogens is 292 g/mol. The first-order valence-corrected chi connectivity index (χ1v) is 8.24. The zero-order chi connectivity index (χ0) is 15.1. The van der Waals surface area contributed by atoms with Crippen molar-refractivity contribution in [3.05, 3.63) is 58.3 Å². The van der Waals surface area contributed by atoms with E-state index in [-0.39, 0.29) is 5.92 Å². The van der Waals surface area contributed by atoms with Crippen molar-refractivity contribution in [2.75, 3.05) is 0 Å². The summed E-state index contributed by atoms with van der Waals surface area (Å²) in [6.45, 7) is 0. The van der Waals surface area contributed by atoms with Crippen LogP contribution in [0.3, 0.4) is 0 Å². The minimum Gasteiger partial charge on any atom is -0.356 e. The summed E-state index contributed by atoms with van der Waals surface area (Å²) in [5.74, 6) is 0.672. The summed E-state index contributed by atoms with van der Waals surface area (Å²) >= 11 is 1.60. The predicted molar refractivity (Wildman–Crippen MR) is 87.4 cm³/mol. The fourth-order valence-electron chi connectivity index (χ4n) is 2.99. The molecule has 1 atom stereocenters. The van der Waals surface area contributed by atoms with Crippen molar-refractivity contribution >= 4 is 27.7 Å². The highest BCUT2D eigenvalue weighted by Crippen LogP contribution is 2.41. The Balaban J connectivity index is 1.83. The lowest BCUT2D eigenvalue weighted by atomic mass is 9.93. The van der Waals surface area contributed by atoms with Crippen molar-refractivity contribution in [1.29, 1.82) is 5.26 Å². The van der Waals surface area contributed by atoms with E-state index >= 15 is 0 Å². The topological polar surface area (TPSA) is 52.9 Å². The molecule has 0 saturated heterocycles. The number of thiophene rings is 1. The average molecular weight is 306 g/mol. The fourth-order valence-corrected chi connectivity index (χ4v) is 4.07. The van der Waals surface area contributed by atoms with Crippen LogP contribution in [0, 0.1) is 17.2 Å². The molecule has 2 aliphatic rings. The van der Waals surface area contributed by atoms with Gasteiger partial charge < -0.3 is 5.32 Å². The second kappa shape index (κ2) is 5.11. The van der Waals surface area contributed by atoms with E-state index in [0.29, 0.717) is 17.2 Å². The van der Waals surface area contributed by atoms with Crippen molar-refractivity contribution < 1.29 is 4.79 Å². The molecule has 1 N–H and O–H groups in total. The maximum absolute atomic E-state index is 11.2. The molecule has 1 aromatic heterocycles. The number of carbonyl (C=O) groups excluding carboxylic acids is 1. The minimum absolute atomic E-state index is 0.0970. The van der Waals surface area contributed by atoms with Gasteiger partial charge in [0.25, 0.3) is 0 Å². The first-order chi connectivity index (χ1) is 10.8. The zero-order valence-corrected chi connectivity index (χ0v) is 12.7. The monoisotopic (exact) mass is 306 g/mol. The van der Waals surface area contributed by atoms with Crippen LogP contribution in [0.5, 0.6) is 0 Å². The van der Waals surface area contributed by atoms with Gasteiger partial charge >= 0.3 is 0 Å². The Morgan fingerprint density at radius 3 is 2.91 bits per heavy atom. The lowest BCUT2D eigenvalue weighted by Crippen LogP contribution is -2.20. The van der Waals surface area contributed by atoms with Crippen LogP contribution >= 0.6 is 11.3 Å². The van der Waals surface area contributed by atoms with Gasteiger partial charge in [0.15, 0.2) is 6.29 Å². The number of aldehydes is 1. The van der Waals surface area contributed by atoms with Gasteiger partial charge in [-0.1, -0.05) is 18.2 Å². The molecule has 0 amide bonds. The number of carbonyl (C=O) groups is 1. The highest BCUT2D eigenvalue weighted by atomic mass is 32.1. The molecule has 0 spiro atoms. The van der Waals surface area contributed by atoms with Crippen molar-refractivity contribution in [3.8, 4) is 6.07 Å². The first-order valence-electron chi connectivity index (χ1n) is 7.36. The van der Waals surface area contributed by atoms with Gasteiger partial charge in [-0.05, 0) is 47.2 Å².